The van der Waals surface area contributed by atoms with Gasteiger partial charge in [0.2, 0.25) is 5.91 Å². The average molecular weight is 446 g/mol. The third-order valence-electron chi connectivity index (χ3n) is 5.40. The summed E-state index contributed by atoms with van der Waals surface area (Å²) in [6.07, 6.45) is 3.87. The Hall–Kier alpha value is -2.36. The second kappa shape index (κ2) is 8.05. The van der Waals surface area contributed by atoms with Crippen LogP contribution in [0.4, 0.5) is 0 Å². The van der Waals surface area contributed by atoms with Crippen molar-refractivity contribution >= 4 is 40.3 Å². The number of benzene rings is 1. The Morgan fingerprint density at radius 1 is 1.40 bits per heavy atom. The van der Waals surface area contributed by atoms with E-state index in [1.54, 1.807) is 21.4 Å². The minimum atomic E-state index is -0.228. The molecule has 30 heavy (non-hydrogen) atoms. The molecule has 156 valence electrons. The third kappa shape index (κ3) is 3.61. The van der Waals surface area contributed by atoms with Gasteiger partial charge in [-0.2, -0.15) is 5.10 Å². The van der Waals surface area contributed by atoms with Crippen molar-refractivity contribution in [3.63, 3.8) is 0 Å². The van der Waals surface area contributed by atoms with E-state index in [0.29, 0.717) is 33.5 Å². The number of carbonyl (C=O) groups is 1. The summed E-state index contributed by atoms with van der Waals surface area (Å²) in [6, 6.07) is 7.01. The monoisotopic (exact) mass is 445 g/mol. The predicted octanol–water partition coefficient (Wildman–Crippen LogP) is 2.57. The first-order chi connectivity index (χ1) is 14.6. The number of nitrogens with one attached hydrogen (secondary N) is 1. The van der Waals surface area contributed by atoms with E-state index in [0.717, 1.165) is 25.1 Å². The second-order valence-electron chi connectivity index (χ2n) is 7.45. The van der Waals surface area contributed by atoms with E-state index in [9.17, 15) is 9.59 Å². The predicted molar refractivity (Wildman–Crippen MR) is 114 cm³/mol. The molecule has 3 aromatic rings. The fourth-order valence-electron chi connectivity index (χ4n) is 3.90. The van der Waals surface area contributed by atoms with Crippen LogP contribution < -0.4 is 10.9 Å². The van der Waals surface area contributed by atoms with Gasteiger partial charge in [0.15, 0.2) is 10.8 Å². The Balaban J connectivity index is 1.40. The van der Waals surface area contributed by atoms with Gasteiger partial charge in [-0.05, 0) is 31.0 Å². The van der Waals surface area contributed by atoms with Gasteiger partial charge < -0.3 is 10.1 Å². The molecule has 1 aromatic carbocycles. The van der Waals surface area contributed by atoms with Gasteiger partial charge in [-0.3, -0.25) is 14.2 Å². The molecular weight excluding hydrogens is 426 g/mol. The summed E-state index contributed by atoms with van der Waals surface area (Å²) in [5.41, 5.74) is 1.05. The van der Waals surface area contributed by atoms with Crippen LogP contribution in [0.3, 0.4) is 0 Å². The summed E-state index contributed by atoms with van der Waals surface area (Å²) in [5, 5.41) is 8.89. The zero-order chi connectivity index (χ0) is 20.7. The minimum absolute atomic E-state index is 0.0782. The van der Waals surface area contributed by atoms with Crippen molar-refractivity contribution in [3.05, 3.63) is 45.8 Å². The molecule has 5 rings (SSSR count). The fourth-order valence-corrected chi connectivity index (χ4v) is 5.21. The van der Waals surface area contributed by atoms with Crippen molar-refractivity contribution in [1.82, 2.24) is 24.6 Å². The van der Waals surface area contributed by atoms with Gasteiger partial charge in [-0.25, -0.2) is 9.67 Å². The maximum atomic E-state index is 13.2. The summed E-state index contributed by atoms with van der Waals surface area (Å²) < 4.78 is 8.79. The molecule has 2 aromatic heterocycles. The van der Waals surface area contributed by atoms with Crippen LogP contribution in [0.5, 0.6) is 0 Å². The highest BCUT2D eigenvalue weighted by Gasteiger charge is 2.30. The molecule has 1 saturated heterocycles. The molecule has 2 atom stereocenters. The molecule has 0 saturated carbocycles. The zero-order valence-electron chi connectivity index (χ0n) is 16.1. The average Bonchev–Trinajstić information content (AvgIpc) is 3.47. The zero-order valence-corrected chi connectivity index (χ0v) is 17.7. The molecule has 4 heterocycles. The molecule has 0 unspecified atom stereocenters. The van der Waals surface area contributed by atoms with E-state index in [-0.39, 0.29) is 30.0 Å². The largest absolute Gasteiger partial charge is 0.376 e. The van der Waals surface area contributed by atoms with Gasteiger partial charge in [0.05, 0.1) is 24.0 Å². The van der Waals surface area contributed by atoms with Crippen molar-refractivity contribution in [3.8, 4) is 5.69 Å². The molecule has 8 nitrogen and oxygen atoms in total. The van der Waals surface area contributed by atoms with Crippen LogP contribution in [0.1, 0.15) is 25.3 Å². The normalized spacial score (nSPS) is 20.6. The minimum Gasteiger partial charge on any atom is -0.376 e. The Bertz CT molecular complexity index is 1170. The van der Waals surface area contributed by atoms with E-state index >= 15 is 0 Å². The molecule has 1 fully saturated rings. The smallest absolute Gasteiger partial charge is 0.265 e. The molecule has 2 aliphatic heterocycles. The Labute approximate surface area is 181 Å². The number of fused-ring (bicyclic) bond motifs is 2. The molecule has 1 N–H and O–H groups in total. The van der Waals surface area contributed by atoms with Crippen LogP contribution in [0.25, 0.3) is 16.7 Å². The van der Waals surface area contributed by atoms with Gasteiger partial charge in [0.25, 0.3) is 5.56 Å². The first kappa shape index (κ1) is 19.6. The molecule has 0 bridgehead atoms. The number of aromatic nitrogens is 4. The SMILES string of the molecule is O=C(C[C@H]1CSc2nc3c(cnn3-c3cccc(Cl)c3)c(=O)n21)NC[C@@H]1CCCO1. The number of hydrogen-bond donors (Lipinski definition) is 1. The van der Waals surface area contributed by atoms with E-state index in [2.05, 4.69) is 15.4 Å². The van der Waals surface area contributed by atoms with Crippen molar-refractivity contribution in [1.29, 1.82) is 0 Å². The number of halogens is 1. The Morgan fingerprint density at radius 2 is 2.30 bits per heavy atom. The highest BCUT2D eigenvalue weighted by Crippen LogP contribution is 2.33. The number of amides is 1. The maximum Gasteiger partial charge on any atom is 0.265 e. The lowest BCUT2D eigenvalue weighted by Gasteiger charge is -2.15. The third-order valence-corrected chi connectivity index (χ3v) is 6.73. The van der Waals surface area contributed by atoms with Crippen molar-refractivity contribution in [2.24, 2.45) is 0 Å². The van der Waals surface area contributed by atoms with E-state index in [4.69, 9.17) is 16.3 Å². The van der Waals surface area contributed by atoms with Gasteiger partial charge >= 0.3 is 0 Å². The molecule has 10 heteroatoms. The second-order valence-corrected chi connectivity index (χ2v) is 8.87. The number of hydrogen-bond acceptors (Lipinski definition) is 6. The lowest BCUT2D eigenvalue weighted by atomic mass is 10.2. The van der Waals surface area contributed by atoms with Crippen molar-refractivity contribution in [2.45, 2.75) is 36.6 Å². The highest BCUT2D eigenvalue weighted by molar-refractivity contribution is 7.99. The number of thioether (sulfide) groups is 1. The fraction of sp³-hybridized carbons (Fsp3) is 0.400. The molecule has 0 radical (unpaired) electrons. The van der Waals surface area contributed by atoms with Gasteiger partial charge in [-0.15, -0.1) is 0 Å². The Morgan fingerprint density at radius 3 is 3.10 bits per heavy atom. The first-order valence-electron chi connectivity index (χ1n) is 9.87. The van der Waals surface area contributed by atoms with E-state index < -0.39 is 0 Å². The summed E-state index contributed by atoms with van der Waals surface area (Å²) in [6.45, 7) is 1.28. The standard InChI is InChI=1S/C20H20ClN5O3S/c21-12-3-1-4-13(7-12)26-18-16(10-23-26)19(28)25-14(11-30-20(25)24-18)8-17(27)22-9-15-5-2-6-29-15/h1,3-4,7,10,14-15H,2,5-6,8-9,11H2,(H,22,27)/t14-,15-/m0/s1. The number of carbonyl (C=O) groups excluding carboxylic acids is 1. The molecular formula is C20H20ClN5O3S. The van der Waals surface area contributed by atoms with Crippen LogP contribution in [-0.2, 0) is 9.53 Å². The van der Waals surface area contributed by atoms with Crippen LogP contribution in [-0.4, -0.2) is 50.2 Å². The first-order valence-corrected chi connectivity index (χ1v) is 11.2. The number of nitrogens with zero attached hydrogens (tertiary/aromatic N) is 4. The molecule has 1 amide bonds. The molecule has 0 spiro atoms. The quantitative estimate of drug-likeness (QED) is 0.607. The van der Waals surface area contributed by atoms with Crippen LogP contribution in [0, 0.1) is 0 Å². The van der Waals surface area contributed by atoms with Gasteiger partial charge in [0, 0.05) is 30.3 Å². The van der Waals surface area contributed by atoms with Gasteiger partial charge in [0.1, 0.15) is 5.39 Å². The van der Waals surface area contributed by atoms with Crippen LogP contribution >= 0.6 is 23.4 Å². The van der Waals surface area contributed by atoms with Crippen LogP contribution in [0.15, 0.2) is 40.4 Å². The molecule has 0 aliphatic carbocycles. The topological polar surface area (TPSA) is 91.0 Å². The Kier molecular flexibility index (Phi) is 5.26. The van der Waals surface area contributed by atoms with E-state index in [1.165, 1.54) is 18.0 Å². The van der Waals surface area contributed by atoms with E-state index in [1.807, 2.05) is 12.1 Å². The summed E-state index contributed by atoms with van der Waals surface area (Å²) in [5.74, 6) is 0.554. The summed E-state index contributed by atoms with van der Waals surface area (Å²) >= 11 is 7.58. The van der Waals surface area contributed by atoms with Crippen molar-refractivity contribution < 1.29 is 9.53 Å². The number of ether oxygens (including phenoxy) is 1. The van der Waals surface area contributed by atoms with Crippen molar-refractivity contribution in [2.75, 3.05) is 18.9 Å². The summed E-state index contributed by atoms with van der Waals surface area (Å²) in [7, 11) is 0. The number of rotatable bonds is 5. The van der Waals surface area contributed by atoms with Crippen LogP contribution in [0.2, 0.25) is 5.02 Å². The molecule has 2 aliphatic rings. The maximum absolute atomic E-state index is 13.2. The lowest BCUT2D eigenvalue weighted by Crippen LogP contribution is -2.34. The lowest BCUT2D eigenvalue weighted by molar-refractivity contribution is -0.122. The summed E-state index contributed by atoms with van der Waals surface area (Å²) in [4.78, 5) is 30.3. The van der Waals surface area contributed by atoms with Gasteiger partial charge in [-0.1, -0.05) is 29.4 Å². The highest BCUT2D eigenvalue weighted by atomic mass is 35.5.